The van der Waals surface area contributed by atoms with Crippen molar-refractivity contribution >= 4 is 32.6 Å². The van der Waals surface area contributed by atoms with Gasteiger partial charge in [0.25, 0.3) is 0 Å². The Morgan fingerprint density at radius 1 is 1.05 bits per heavy atom. The Morgan fingerprint density at radius 2 is 1.95 bits per heavy atom. The van der Waals surface area contributed by atoms with Gasteiger partial charge in [-0.05, 0) is 36.4 Å². The number of nitrogens with zero attached hydrogens (tertiary/aromatic N) is 3. The quantitative estimate of drug-likeness (QED) is 0.526. The molecule has 5 nitrogen and oxygen atoms in total. The summed E-state index contributed by atoms with van der Waals surface area (Å²) in [4.78, 5) is 8.67. The molecule has 98 valence electrons. The van der Waals surface area contributed by atoms with Gasteiger partial charge in [0.15, 0.2) is 0 Å². The molecule has 6 heteroatoms. The first-order chi connectivity index (χ1) is 9.70. The van der Waals surface area contributed by atoms with Gasteiger partial charge in [-0.1, -0.05) is 0 Å². The highest BCUT2D eigenvalue weighted by Gasteiger charge is 2.09. The minimum Gasteiger partial charge on any atom is -0.508 e. The number of benzene rings is 2. The Kier molecular flexibility index (Phi) is 2.22. The SMILES string of the molecule is Oc1ccc2nc(-c3ccc4c(c3)ncn4O)sc2c1. The smallest absolute Gasteiger partial charge is 0.133 e. The normalized spacial score (nSPS) is 11.4. The fourth-order valence-electron chi connectivity index (χ4n) is 2.17. The van der Waals surface area contributed by atoms with Crippen molar-refractivity contribution in [3.8, 4) is 16.3 Å². The number of thiazole rings is 1. The topological polar surface area (TPSA) is 71.2 Å². The van der Waals surface area contributed by atoms with Gasteiger partial charge in [0.05, 0.1) is 15.7 Å². The molecule has 0 amide bonds. The van der Waals surface area contributed by atoms with Crippen molar-refractivity contribution in [2.45, 2.75) is 0 Å². The number of phenolic OH excluding ortho intramolecular Hbond substituents is 1. The number of imidazole rings is 1. The van der Waals surface area contributed by atoms with Gasteiger partial charge in [-0.25, -0.2) is 9.97 Å². The molecule has 0 bridgehead atoms. The Hall–Kier alpha value is -2.60. The highest BCUT2D eigenvalue weighted by Crippen LogP contribution is 2.33. The van der Waals surface area contributed by atoms with Crippen LogP contribution in [0.5, 0.6) is 5.75 Å². The number of rotatable bonds is 1. The van der Waals surface area contributed by atoms with Crippen LogP contribution >= 0.6 is 11.3 Å². The molecule has 0 saturated heterocycles. The van der Waals surface area contributed by atoms with E-state index in [9.17, 15) is 10.3 Å². The Balaban J connectivity index is 1.91. The minimum absolute atomic E-state index is 0.238. The molecule has 0 aliphatic heterocycles. The Morgan fingerprint density at radius 3 is 2.85 bits per heavy atom. The summed E-state index contributed by atoms with van der Waals surface area (Å²) < 4.78 is 1.93. The molecule has 0 radical (unpaired) electrons. The van der Waals surface area contributed by atoms with E-state index in [-0.39, 0.29) is 5.75 Å². The highest BCUT2D eigenvalue weighted by molar-refractivity contribution is 7.21. The molecular formula is C14H9N3O2S. The summed E-state index contributed by atoms with van der Waals surface area (Å²) in [6.45, 7) is 0. The number of aromatic nitrogens is 3. The summed E-state index contributed by atoms with van der Waals surface area (Å²) in [5.41, 5.74) is 3.17. The third-order valence-corrected chi connectivity index (χ3v) is 4.21. The second-order valence-corrected chi connectivity index (χ2v) is 5.49. The zero-order valence-corrected chi connectivity index (χ0v) is 11.0. The number of hydrogen-bond acceptors (Lipinski definition) is 5. The van der Waals surface area contributed by atoms with Crippen molar-refractivity contribution in [1.82, 2.24) is 14.7 Å². The van der Waals surface area contributed by atoms with Crippen LogP contribution in [0, 0.1) is 0 Å². The Labute approximate surface area is 117 Å². The molecule has 2 aromatic heterocycles. The molecule has 0 fully saturated rings. The largest absolute Gasteiger partial charge is 0.508 e. The van der Waals surface area contributed by atoms with E-state index < -0.39 is 0 Å². The maximum absolute atomic E-state index is 9.53. The summed E-state index contributed by atoms with van der Waals surface area (Å²) in [5, 5.41) is 19.9. The average molecular weight is 283 g/mol. The molecule has 0 spiro atoms. The molecule has 4 aromatic rings. The van der Waals surface area contributed by atoms with Gasteiger partial charge in [0.1, 0.15) is 22.6 Å². The lowest BCUT2D eigenvalue weighted by molar-refractivity contribution is 0.198. The molecule has 2 aromatic carbocycles. The van der Waals surface area contributed by atoms with Crippen molar-refractivity contribution < 1.29 is 10.3 Å². The number of aromatic hydroxyl groups is 1. The van der Waals surface area contributed by atoms with Gasteiger partial charge in [-0.15, -0.1) is 11.3 Å². The van der Waals surface area contributed by atoms with Crippen molar-refractivity contribution in [2.24, 2.45) is 0 Å². The Bertz CT molecular complexity index is 942. The lowest BCUT2D eigenvalue weighted by Crippen LogP contribution is -1.85. The standard InChI is InChI=1S/C14H9N3O2S/c18-9-2-3-10-13(6-9)20-14(16-10)8-1-4-12-11(5-8)15-7-17(12)19/h1-7,18-19H. The third kappa shape index (κ3) is 1.62. The zero-order valence-electron chi connectivity index (χ0n) is 10.2. The molecule has 0 aliphatic carbocycles. The maximum Gasteiger partial charge on any atom is 0.133 e. The third-order valence-electron chi connectivity index (χ3n) is 3.15. The van der Waals surface area contributed by atoms with Gasteiger partial charge in [-0.2, -0.15) is 4.73 Å². The second-order valence-electron chi connectivity index (χ2n) is 4.46. The molecule has 2 N–H and O–H groups in total. The van der Waals surface area contributed by atoms with E-state index in [0.717, 1.165) is 25.5 Å². The van der Waals surface area contributed by atoms with Gasteiger partial charge < -0.3 is 10.3 Å². The fraction of sp³-hybridized carbons (Fsp3) is 0. The molecule has 2 heterocycles. The van der Waals surface area contributed by atoms with Crippen LogP contribution in [0.15, 0.2) is 42.7 Å². The van der Waals surface area contributed by atoms with Crippen LogP contribution in [0.25, 0.3) is 31.8 Å². The molecule has 0 aliphatic rings. The maximum atomic E-state index is 9.53. The molecule has 0 saturated carbocycles. The number of fused-ring (bicyclic) bond motifs is 2. The van der Waals surface area contributed by atoms with E-state index in [1.807, 2.05) is 12.1 Å². The van der Waals surface area contributed by atoms with Crippen LogP contribution in [-0.2, 0) is 0 Å². The van der Waals surface area contributed by atoms with E-state index in [1.165, 1.54) is 17.7 Å². The summed E-state index contributed by atoms with van der Waals surface area (Å²) in [7, 11) is 0. The predicted octanol–water partition coefficient (Wildman–Crippen LogP) is 3.26. The first-order valence-corrected chi connectivity index (χ1v) is 6.79. The molecule has 0 atom stereocenters. The summed E-state index contributed by atoms with van der Waals surface area (Å²) >= 11 is 1.51. The van der Waals surface area contributed by atoms with Gasteiger partial charge in [0.2, 0.25) is 0 Å². The van der Waals surface area contributed by atoms with Crippen molar-refractivity contribution in [3.05, 3.63) is 42.7 Å². The summed E-state index contributed by atoms with van der Waals surface area (Å²) in [6.07, 6.45) is 1.37. The van der Waals surface area contributed by atoms with Crippen molar-refractivity contribution in [2.75, 3.05) is 0 Å². The van der Waals surface area contributed by atoms with Crippen LogP contribution in [0.2, 0.25) is 0 Å². The monoisotopic (exact) mass is 283 g/mol. The minimum atomic E-state index is 0.238. The van der Waals surface area contributed by atoms with E-state index in [2.05, 4.69) is 9.97 Å². The van der Waals surface area contributed by atoms with E-state index in [0.29, 0.717) is 11.0 Å². The summed E-state index contributed by atoms with van der Waals surface area (Å²) in [5.74, 6) is 0.238. The fourth-order valence-corrected chi connectivity index (χ4v) is 3.16. The van der Waals surface area contributed by atoms with Crippen LogP contribution in [-0.4, -0.2) is 25.0 Å². The highest BCUT2D eigenvalue weighted by atomic mass is 32.1. The first-order valence-electron chi connectivity index (χ1n) is 5.97. The van der Waals surface area contributed by atoms with Gasteiger partial charge >= 0.3 is 0 Å². The average Bonchev–Trinajstić information content (AvgIpc) is 3.02. The van der Waals surface area contributed by atoms with Crippen LogP contribution in [0.3, 0.4) is 0 Å². The number of phenols is 1. The van der Waals surface area contributed by atoms with E-state index >= 15 is 0 Å². The van der Waals surface area contributed by atoms with Gasteiger partial charge in [0, 0.05) is 5.56 Å². The van der Waals surface area contributed by atoms with E-state index in [4.69, 9.17) is 0 Å². The molecule has 20 heavy (non-hydrogen) atoms. The number of hydrogen-bond donors (Lipinski definition) is 2. The summed E-state index contributed by atoms with van der Waals surface area (Å²) in [6, 6.07) is 10.7. The van der Waals surface area contributed by atoms with E-state index in [1.54, 1.807) is 24.3 Å². The van der Waals surface area contributed by atoms with Crippen molar-refractivity contribution in [3.63, 3.8) is 0 Å². The van der Waals surface area contributed by atoms with Crippen LogP contribution in [0.4, 0.5) is 0 Å². The molecule has 0 unspecified atom stereocenters. The lowest BCUT2D eigenvalue weighted by atomic mass is 10.2. The predicted molar refractivity (Wildman–Crippen MR) is 77.2 cm³/mol. The first kappa shape index (κ1) is 11.2. The lowest BCUT2D eigenvalue weighted by Gasteiger charge is -1.96. The second kappa shape index (κ2) is 3.94. The molecular weight excluding hydrogens is 274 g/mol. The van der Waals surface area contributed by atoms with Gasteiger partial charge in [-0.3, -0.25) is 0 Å². The van der Waals surface area contributed by atoms with Crippen LogP contribution in [0.1, 0.15) is 0 Å². The zero-order chi connectivity index (χ0) is 13.7. The van der Waals surface area contributed by atoms with Crippen LogP contribution < -0.4 is 0 Å². The van der Waals surface area contributed by atoms with Crippen molar-refractivity contribution in [1.29, 1.82) is 0 Å². The molecule has 4 rings (SSSR count).